The van der Waals surface area contributed by atoms with Crippen LogP contribution in [-0.4, -0.2) is 24.2 Å². The molecular formula is C18H19NO3. The van der Waals surface area contributed by atoms with Gasteiger partial charge in [0.25, 0.3) is 5.91 Å². The van der Waals surface area contributed by atoms with Gasteiger partial charge in [-0.1, -0.05) is 35.9 Å². The number of amides is 1. The highest BCUT2D eigenvalue weighted by Gasteiger charge is 2.35. The lowest BCUT2D eigenvalue weighted by Gasteiger charge is -2.34. The lowest BCUT2D eigenvalue weighted by Crippen LogP contribution is -2.43. The third-order valence-corrected chi connectivity index (χ3v) is 4.02. The van der Waals surface area contributed by atoms with E-state index < -0.39 is 5.60 Å². The van der Waals surface area contributed by atoms with Gasteiger partial charge < -0.3 is 15.2 Å². The molecule has 1 unspecified atom stereocenters. The number of nitrogens with one attached hydrogen (secondary N) is 1. The lowest BCUT2D eigenvalue weighted by atomic mass is 9.88. The van der Waals surface area contributed by atoms with E-state index in [0.29, 0.717) is 24.3 Å². The SMILES string of the molecule is Cc1ccc(C(=O)NCC2(O)CCOc3ccccc32)cc1. The molecule has 1 amide bonds. The molecule has 0 aromatic heterocycles. The summed E-state index contributed by atoms with van der Waals surface area (Å²) >= 11 is 0. The zero-order chi connectivity index (χ0) is 15.6. The third-order valence-electron chi connectivity index (χ3n) is 4.02. The number of para-hydroxylation sites is 1. The van der Waals surface area contributed by atoms with Crippen molar-refractivity contribution >= 4 is 5.91 Å². The van der Waals surface area contributed by atoms with Gasteiger partial charge in [0.15, 0.2) is 0 Å². The zero-order valence-electron chi connectivity index (χ0n) is 12.5. The van der Waals surface area contributed by atoms with Crippen molar-refractivity contribution in [2.45, 2.75) is 18.9 Å². The second kappa shape index (κ2) is 5.81. The standard InChI is InChI=1S/C18H19NO3/c1-13-6-8-14(9-7-13)17(20)19-12-18(21)10-11-22-16-5-3-2-4-15(16)18/h2-9,21H,10-12H2,1H3,(H,19,20). The van der Waals surface area contributed by atoms with Crippen molar-refractivity contribution in [3.63, 3.8) is 0 Å². The first-order valence-electron chi connectivity index (χ1n) is 7.38. The van der Waals surface area contributed by atoms with E-state index in [2.05, 4.69) is 5.32 Å². The van der Waals surface area contributed by atoms with Crippen LogP contribution >= 0.6 is 0 Å². The fourth-order valence-electron chi connectivity index (χ4n) is 2.66. The molecule has 1 atom stereocenters. The Morgan fingerprint density at radius 1 is 1.23 bits per heavy atom. The maximum absolute atomic E-state index is 12.2. The zero-order valence-corrected chi connectivity index (χ0v) is 12.5. The Morgan fingerprint density at radius 3 is 2.73 bits per heavy atom. The molecule has 0 aliphatic carbocycles. The van der Waals surface area contributed by atoms with E-state index in [1.54, 1.807) is 12.1 Å². The lowest BCUT2D eigenvalue weighted by molar-refractivity contribution is -0.00160. The predicted octanol–water partition coefficient (Wildman–Crippen LogP) is 2.40. The minimum absolute atomic E-state index is 0.167. The summed E-state index contributed by atoms with van der Waals surface area (Å²) in [7, 11) is 0. The molecule has 1 heterocycles. The quantitative estimate of drug-likeness (QED) is 0.914. The van der Waals surface area contributed by atoms with Crippen molar-refractivity contribution < 1.29 is 14.6 Å². The van der Waals surface area contributed by atoms with Gasteiger partial charge in [0.1, 0.15) is 11.4 Å². The first-order chi connectivity index (χ1) is 10.6. The number of aryl methyl sites for hydroxylation is 1. The molecule has 0 fully saturated rings. The summed E-state index contributed by atoms with van der Waals surface area (Å²) in [5, 5.41) is 13.7. The number of benzene rings is 2. The maximum Gasteiger partial charge on any atom is 0.251 e. The van der Waals surface area contributed by atoms with Crippen molar-refractivity contribution in [2.24, 2.45) is 0 Å². The van der Waals surface area contributed by atoms with Crippen LogP contribution in [0.15, 0.2) is 48.5 Å². The van der Waals surface area contributed by atoms with E-state index in [-0.39, 0.29) is 12.5 Å². The normalized spacial score (nSPS) is 19.9. The fourth-order valence-corrected chi connectivity index (χ4v) is 2.66. The van der Waals surface area contributed by atoms with Crippen molar-refractivity contribution in [1.82, 2.24) is 5.32 Å². The van der Waals surface area contributed by atoms with Crippen LogP contribution in [0.25, 0.3) is 0 Å². The average molecular weight is 297 g/mol. The van der Waals surface area contributed by atoms with Gasteiger partial charge in [0.05, 0.1) is 13.2 Å². The summed E-state index contributed by atoms with van der Waals surface area (Å²) in [6, 6.07) is 14.8. The number of hydrogen-bond acceptors (Lipinski definition) is 3. The van der Waals surface area contributed by atoms with Gasteiger partial charge in [-0.15, -0.1) is 0 Å². The summed E-state index contributed by atoms with van der Waals surface area (Å²) < 4.78 is 5.55. The molecule has 0 saturated carbocycles. The number of carbonyl (C=O) groups is 1. The highest BCUT2D eigenvalue weighted by molar-refractivity contribution is 5.94. The van der Waals surface area contributed by atoms with Crippen molar-refractivity contribution in [1.29, 1.82) is 0 Å². The predicted molar refractivity (Wildman–Crippen MR) is 84.0 cm³/mol. The Balaban J connectivity index is 1.73. The summed E-state index contributed by atoms with van der Waals surface area (Å²) in [4.78, 5) is 12.2. The van der Waals surface area contributed by atoms with Crippen LogP contribution in [0, 0.1) is 6.92 Å². The van der Waals surface area contributed by atoms with Crippen molar-refractivity contribution in [3.05, 3.63) is 65.2 Å². The second-order valence-corrected chi connectivity index (χ2v) is 5.67. The summed E-state index contributed by atoms with van der Waals surface area (Å²) in [6.07, 6.45) is 0.457. The Morgan fingerprint density at radius 2 is 1.95 bits per heavy atom. The molecule has 2 aromatic carbocycles. The molecule has 2 aromatic rings. The summed E-state index contributed by atoms with van der Waals surface area (Å²) in [6.45, 7) is 2.58. The van der Waals surface area contributed by atoms with Gasteiger partial charge >= 0.3 is 0 Å². The van der Waals surface area contributed by atoms with E-state index >= 15 is 0 Å². The minimum Gasteiger partial charge on any atom is -0.493 e. The Kier molecular flexibility index (Phi) is 3.86. The summed E-state index contributed by atoms with van der Waals surface area (Å²) in [5.74, 6) is 0.498. The van der Waals surface area contributed by atoms with Crippen LogP contribution in [-0.2, 0) is 5.60 Å². The second-order valence-electron chi connectivity index (χ2n) is 5.67. The average Bonchev–Trinajstić information content (AvgIpc) is 2.54. The largest absolute Gasteiger partial charge is 0.493 e. The molecular weight excluding hydrogens is 278 g/mol. The molecule has 114 valence electrons. The Bertz CT molecular complexity index is 681. The maximum atomic E-state index is 12.2. The molecule has 0 bridgehead atoms. The van der Waals surface area contributed by atoms with E-state index in [0.717, 1.165) is 11.1 Å². The number of rotatable bonds is 3. The number of hydrogen-bond donors (Lipinski definition) is 2. The van der Waals surface area contributed by atoms with Gasteiger partial charge in [-0.2, -0.15) is 0 Å². The number of ether oxygens (including phenoxy) is 1. The van der Waals surface area contributed by atoms with E-state index in [4.69, 9.17) is 4.74 Å². The molecule has 4 nitrogen and oxygen atoms in total. The van der Waals surface area contributed by atoms with Crippen LogP contribution in [0.3, 0.4) is 0 Å². The van der Waals surface area contributed by atoms with Crippen LogP contribution in [0.2, 0.25) is 0 Å². The molecule has 2 N–H and O–H groups in total. The monoisotopic (exact) mass is 297 g/mol. The summed E-state index contributed by atoms with van der Waals surface area (Å²) in [5.41, 5.74) is 1.34. The van der Waals surface area contributed by atoms with Crippen LogP contribution in [0.4, 0.5) is 0 Å². The third kappa shape index (κ3) is 2.83. The van der Waals surface area contributed by atoms with Crippen LogP contribution < -0.4 is 10.1 Å². The molecule has 22 heavy (non-hydrogen) atoms. The topological polar surface area (TPSA) is 58.6 Å². The highest BCUT2D eigenvalue weighted by Crippen LogP contribution is 2.36. The molecule has 4 heteroatoms. The molecule has 0 saturated heterocycles. The highest BCUT2D eigenvalue weighted by atomic mass is 16.5. The van der Waals surface area contributed by atoms with Crippen molar-refractivity contribution in [3.8, 4) is 5.75 Å². The Hall–Kier alpha value is -2.33. The van der Waals surface area contributed by atoms with Gasteiger partial charge in [0.2, 0.25) is 0 Å². The first-order valence-corrected chi connectivity index (χ1v) is 7.38. The van der Waals surface area contributed by atoms with Gasteiger partial charge in [-0.25, -0.2) is 0 Å². The van der Waals surface area contributed by atoms with Crippen LogP contribution in [0.5, 0.6) is 5.75 Å². The van der Waals surface area contributed by atoms with E-state index in [9.17, 15) is 9.90 Å². The van der Waals surface area contributed by atoms with Crippen molar-refractivity contribution in [2.75, 3.05) is 13.2 Å². The molecule has 0 radical (unpaired) electrons. The molecule has 1 aliphatic rings. The van der Waals surface area contributed by atoms with Crippen LogP contribution in [0.1, 0.15) is 27.9 Å². The minimum atomic E-state index is -1.09. The molecule has 0 spiro atoms. The van der Waals surface area contributed by atoms with Gasteiger partial charge in [-0.05, 0) is 25.1 Å². The Labute approximate surface area is 129 Å². The number of fused-ring (bicyclic) bond motifs is 1. The van der Waals surface area contributed by atoms with Gasteiger partial charge in [0, 0.05) is 17.5 Å². The van der Waals surface area contributed by atoms with Gasteiger partial charge in [-0.3, -0.25) is 4.79 Å². The molecule has 3 rings (SSSR count). The smallest absolute Gasteiger partial charge is 0.251 e. The first kappa shape index (κ1) is 14.6. The number of aliphatic hydroxyl groups is 1. The van der Waals surface area contributed by atoms with E-state index in [1.165, 1.54) is 0 Å². The number of carbonyl (C=O) groups excluding carboxylic acids is 1. The fraction of sp³-hybridized carbons (Fsp3) is 0.278. The van der Waals surface area contributed by atoms with E-state index in [1.807, 2.05) is 43.3 Å². The molecule has 1 aliphatic heterocycles.